The van der Waals surface area contributed by atoms with E-state index in [9.17, 15) is 10.1 Å². The van der Waals surface area contributed by atoms with Crippen LogP contribution in [0.5, 0.6) is 0 Å². The number of nitrogens with zero attached hydrogens (tertiary/aromatic N) is 1. The SMILES string of the molecule is Cc1ccccc1CNc1cc(CO)ccc1[N+](=O)[O-]. The molecule has 2 rings (SSSR count). The van der Waals surface area contributed by atoms with Crippen molar-refractivity contribution in [3.8, 4) is 0 Å². The van der Waals surface area contributed by atoms with E-state index in [0.717, 1.165) is 11.1 Å². The Morgan fingerprint density at radius 2 is 2.00 bits per heavy atom. The molecule has 5 nitrogen and oxygen atoms in total. The summed E-state index contributed by atoms with van der Waals surface area (Å²) in [6, 6.07) is 12.4. The Kier molecular flexibility index (Phi) is 4.32. The number of hydrogen-bond acceptors (Lipinski definition) is 4. The number of anilines is 1. The molecule has 0 fully saturated rings. The van der Waals surface area contributed by atoms with E-state index in [0.29, 0.717) is 17.8 Å². The number of aliphatic hydroxyl groups excluding tert-OH is 1. The summed E-state index contributed by atoms with van der Waals surface area (Å²) in [5, 5.41) is 23.2. The number of benzene rings is 2. The Bertz CT molecular complexity index is 626. The van der Waals surface area contributed by atoms with Gasteiger partial charge in [0.15, 0.2) is 0 Å². The number of nitrogens with one attached hydrogen (secondary N) is 1. The van der Waals surface area contributed by atoms with Crippen LogP contribution in [-0.4, -0.2) is 10.0 Å². The fourth-order valence-corrected chi connectivity index (χ4v) is 1.98. The Morgan fingerprint density at radius 1 is 1.25 bits per heavy atom. The Hall–Kier alpha value is -2.40. The molecule has 0 aliphatic heterocycles. The molecule has 0 atom stereocenters. The zero-order valence-electron chi connectivity index (χ0n) is 11.2. The minimum absolute atomic E-state index is 0.00999. The Balaban J connectivity index is 2.24. The van der Waals surface area contributed by atoms with Gasteiger partial charge in [0.2, 0.25) is 0 Å². The lowest BCUT2D eigenvalue weighted by molar-refractivity contribution is -0.384. The number of rotatable bonds is 5. The Morgan fingerprint density at radius 3 is 2.65 bits per heavy atom. The number of nitro benzene ring substituents is 1. The quantitative estimate of drug-likeness (QED) is 0.648. The number of aryl methyl sites for hydroxylation is 1. The maximum atomic E-state index is 11.0. The van der Waals surface area contributed by atoms with Gasteiger partial charge in [0, 0.05) is 12.6 Å². The van der Waals surface area contributed by atoms with Crippen LogP contribution in [0.4, 0.5) is 11.4 Å². The maximum absolute atomic E-state index is 11.0. The number of nitro groups is 1. The van der Waals surface area contributed by atoms with Crippen molar-refractivity contribution >= 4 is 11.4 Å². The molecule has 0 unspecified atom stereocenters. The van der Waals surface area contributed by atoms with Gasteiger partial charge in [-0.05, 0) is 35.7 Å². The molecule has 0 spiro atoms. The monoisotopic (exact) mass is 272 g/mol. The highest BCUT2D eigenvalue weighted by atomic mass is 16.6. The third-order valence-electron chi connectivity index (χ3n) is 3.17. The van der Waals surface area contributed by atoms with Gasteiger partial charge in [-0.3, -0.25) is 10.1 Å². The largest absolute Gasteiger partial charge is 0.392 e. The third kappa shape index (κ3) is 3.13. The topological polar surface area (TPSA) is 75.4 Å². The second-order valence-corrected chi connectivity index (χ2v) is 4.55. The second kappa shape index (κ2) is 6.16. The number of hydrogen-bond donors (Lipinski definition) is 2. The van der Waals surface area contributed by atoms with Crippen LogP contribution in [0.15, 0.2) is 42.5 Å². The number of aliphatic hydroxyl groups is 1. The van der Waals surface area contributed by atoms with Crippen molar-refractivity contribution in [1.29, 1.82) is 0 Å². The van der Waals surface area contributed by atoms with Gasteiger partial charge in [-0.25, -0.2) is 0 Å². The molecule has 2 aromatic carbocycles. The first-order valence-corrected chi connectivity index (χ1v) is 6.28. The lowest BCUT2D eigenvalue weighted by Crippen LogP contribution is -2.04. The fraction of sp³-hybridized carbons (Fsp3) is 0.200. The van der Waals surface area contributed by atoms with Crippen molar-refractivity contribution in [3.05, 3.63) is 69.3 Å². The van der Waals surface area contributed by atoms with Gasteiger partial charge < -0.3 is 10.4 Å². The van der Waals surface area contributed by atoms with Crippen LogP contribution in [0, 0.1) is 17.0 Å². The molecule has 0 heterocycles. The first kappa shape index (κ1) is 14.0. The zero-order chi connectivity index (χ0) is 14.5. The molecule has 2 N–H and O–H groups in total. The van der Waals surface area contributed by atoms with E-state index in [2.05, 4.69) is 5.32 Å². The molecule has 5 heteroatoms. The van der Waals surface area contributed by atoms with Crippen molar-refractivity contribution in [2.24, 2.45) is 0 Å². The molecule has 0 bridgehead atoms. The summed E-state index contributed by atoms with van der Waals surface area (Å²) in [7, 11) is 0. The summed E-state index contributed by atoms with van der Waals surface area (Å²) in [5.41, 5.74) is 3.28. The van der Waals surface area contributed by atoms with Crippen molar-refractivity contribution in [1.82, 2.24) is 0 Å². The molecule has 2 aromatic rings. The van der Waals surface area contributed by atoms with E-state index in [1.165, 1.54) is 6.07 Å². The molecular formula is C15H16N2O3. The van der Waals surface area contributed by atoms with Gasteiger partial charge in [-0.15, -0.1) is 0 Å². The van der Waals surface area contributed by atoms with E-state index in [4.69, 9.17) is 5.11 Å². The van der Waals surface area contributed by atoms with E-state index >= 15 is 0 Å². The minimum Gasteiger partial charge on any atom is -0.392 e. The highest BCUT2D eigenvalue weighted by molar-refractivity contribution is 5.63. The third-order valence-corrected chi connectivity index (χ3v) is 3.17. The molecule has 0 amide bonds. The summed E-state index contributed by atoms with van der Waals surface area (Å²) in [6.07, 6.45) is 0. The van der Waals surface area contributed by atoms with Crippen molar-refractivity contribution in [2.75, 3.05) is 5.32 Å². The summed E-state index contributed by atoms with van der Waals surface area (Å²) in [4.78, 5) is 10.6. The summed E-state index contributed by atoms with van der Waals surface area (Å²) in [5.74, 6) is 0. The van der Waals surface area contributed by atoms with Crippen LogP contribution in [0.2, 0.25) is 0 Å². The molecule has 0 saturated carbocycles. The molecular weight excluding hydrogens is 256 g/mol. The van der Waals surface area contributed by atoms with Gasteiger partial charge in [0.05, 0.1) is 11.5 Å². The van der Waals surface area contributed by atoms with Gasteiger partial charge >= 0.3 is 0 Å². The summed E-state index contributed by atoms with van der Waals surface area (Å²) >= 11 is 0. The highest BCUT2D eigenvalue weighted by Crippen LogP contribution is 2.26. The average molecular weight is 272 g/mol. The lowest BCUT2D eigenvalue weighted by atomic mass is 10.1. The predicted molar refractivity (Wildman–Crippen MR) is 77.5 cm³/mol. The Labute approximate surface area is 117 Å². The van der Waals surface area contributed by atoms with Crippen LogP contribution in [0.25, 0.3) is 0 Å². The van der Waals surface area contributed by atoms with Crippen molar-refractivity contribution in [2.45, 2.75) is 20.1 Å². The molecule has 0 aromatic heterocycles. The molecule has 0 aliphatic rings. The van der Waals surface area contributed by atoms with E-state index < -0.39 is 4.92 Å². The smallest absolute Gasteiger partial charge is 0.292 e. The lowest BCUT2D eigenvalue weighted by Gasteiger charge is -2.10. The molecule has 104 valence electrons. The minimum atomic E-state index is -0.429. The van der Waals surface area contributed by atoms with E-state index in [1.54, 1.807) is 12.1 Å². The maximum Gasteiger partial charge on any atom is 0.292 e. The molecule has 0 radical (unpaired) electrons. The first-order chi connectivity index (χ1) is 9.61. The second-order valence-electron chi connectivity index (χ2n) is 4.55. The average Bonchev–Trinajstić information content (AvgIpc) is 2.46. The fourth-order valence-electron chi connectivity index (χ4n) is 1.98. The zero-order valence-corrected chi connectivity index (χ0v) is 11.2. The van der Waals surface area contributed by atoms with Crippen LogP contribution < -0.4 is 5.32 Å². The van der Waals surface area contributed by atoms with Crippen LogP contribution in [-0.2, 0) is 13.2 Å². The highest BCUT2D eigenvalue weighted by Gasteiger charge is 2.13. The van der Waals surface area contributed by atoms with Crippen LogP contribution >= 0.6 is 0 Å². The predicted octanol–water partition coefficient (Wildman–Crippen LogP) is 3.01. The van der Waals surface area contributed by atoms with Gasteiger partial charge in [-0.1, -0.05) is 24.3 Å². The van der Waals surface area contributed by atoms with E-state index in [-0.39, 0.29) is 12.3 Å². The molecule has 20 heavy (non-hydrogen) atoms. The van der Waals surface area contributed by atoms with Gasteiger partial charge in [0.1, 0.15) is 5.69 Å². The normalized spacial score (nSPS) is 10.3. The van der Waals surface area contributed by atoms with Gasteiger partial charge in [-0.2, -0.15) is 0 Å². The molecule has 0 saturated heterocycles. The van der Waals surface area contributed by atoms with Crippen molar-refractivity contribution in [3.63, 3.8) is 0 Å². The molecule has 0 aliphatic carbocycles. The van der Waals surface area contributed by atoms with Gasteiger partial charge in [0.25, 0.3) is 5.69 Å². The summed E-state index contributed by atoms with van der Waals surface area (Å²) < 4.78 is 0. The standard InChI is InChI=1S/C15H16N2O3/c1-11-4-2-3-5-13(11)9-16-14-8-12(10-18)6-7-15(14)17(19)20/h2-8,16,18H,9-10H2,1H3. The van der Waals surface area contributed by atoms with Crippen LogP contribution in [0.1, 0.15) is 16.7 Å². The van der Waals surface area contributed by atoms with Crippen LogP contribution in [0.3, 0.4) is 0 Å². The van der Waals surface area contributed by atoms with E-state index in [1.807, 2.05) is 31.2 Å². The first-order valence-electron chi connectivity index (χ1n) is 6.28. The summed E-state index contributed by atoms with van der Waals surface area (Å²) in [6.45, 7) is 2.36. The van der Waals surface area contributed by atoms with Crippen molar-refractivity contribution < 1.29 is 10.0 Å².